The van der Waals surface area contributed by atoms with Crippen LogP contribution in [0.15, 0.2) is 84.7 Å². The molecule has 1 heterocycles. The van der Waals surface area contributed by atoms with Gasteiger partial charge in [-0.15, -0.1) is 0 Å². The van der Waals surface area contributed by atoms with E-state index < -0.39 is 17.4 Å². The Labute approximate surface area is 185 Å². The number of hydrogen-bond donors (Lipinski definition) is 3. The minimum absolute atomic E-state index is 0.0359. The molecule has 0 fully saturated rings. The molecule has 32 heavy (non-hydrogen) atoms. The van der Waals surface area contributed by atoms with Crippen molar-refractivity contribution in [1.29, 1.82) is 0 Å². The van der Waals surface area contributed by atoms with Gasteiger partial charge in [0, 0.05) is 17.7 Å². The van der Waals surface area contributed by atoms with Gasteiger partial charge in [-0.1, -0.05) is 66.8 Å². The minimum atomic E-state index is -1.08. The Hall–Kier alpha value is -4.04. The number of para-hydroxylation sites is 1. The number of carboxylic acid groups (broad SMARTS) is 2. The van der Waals surface area contributed by atoms with Crippen molar-refractivity contribution in [1.82, 2.24) is 14.8 Å². The number of rotatable bonds is 5. The lowest BCUT2D eigenvalue weighted by Gasteiger charge is -2.23. The van der Waals surface area contributed by atoms with E-state index >= 15 is 0 Å². The maximum atomic E-state index is 10.8. The lowest BCUT2D eigenvalue weighted by molar-refractivity contribution is -0.145. The summed E-state index contributed by atoms with van der Waals surface area (Å²) >= 11 is 0. The third-order valence-corrected chi connectivity index (χ3v) is 5.10. The van der Waals surface area contributed by atoms with Crippen LogP contribution in [0.4, 0.5) is 0 Å². The minimum Gasteiger partial charge on any atom is -0.481 e. The van der Waals surface area contributed by atoms with E-state index in [4.69, 9.17) is 15.9 Å². The number of benzene rings is 2. The van der Waals surface area contributed by atoms with Crippen molar-refractivity contribution in [3.8, 4) is 17.1 Å². The quantitative estimate of drug-likeness (QED) is 0.563. The lowest BCUT2D eigenvalue weighted by atomic mass is 9.80. The van der Waals surface area contributed by atoms with E-state index in [9.17, 15) is 9.59 Å². The van der Waals surface area contributed by atoms with E-state index in [0.29, 0.717) is 6.54 Å². The molecule has 0 saturated heterocycles. The normalized spacial score (nSPS) is 17.1. The molecule has 1 aromatic heterocycles. The fourth-order valence-electron chi connectivity index (χ4n) is 3.28. The number of aromatic nitrogens is 3. The van der Waals surface area contributed by atoms with Crippen LogP contribution in [0.3, 0.4) is 0 Å². The highest BCUT2D eigenvalue weighted by atomic mass is 16.4. The second-order valence-corrected chi connectivity index (χ2v) is 7.45. The van der Waals surface area contributed by atoms with Crippen LogP contribution >= 0.6 is 0 Å². The van der Waals surface area contributed by atoms with E-state index in [1.807, 2.05) is 59.3 Å². The number of carbonyl (C=O) groups is 2. The Morgan fingerprint density at radius 3 is 2.44 bits per heavy atom. The highest BCUT2D eigenvalue weighted by Gasteiger charge is 2.34. The molecule has 0 spiro atoms. The van der Waals surface area contributed by atoms with E-state index in [0.717, 1.165) is 22.6 Å². The summed E-state index contributed by atoms with van der Waals surface area (Å²) in [6.07, 6.45) is 6.00. The van der Waals surface area contributed by atoms with Gasteiger partial charge in [0.15, 0.2) is 5.82 Å². The molecule has 4 rings (SSSR count). The van der Waals surface area contributed by atoms with Gasteiger partial charge in [0.25, 0.3) is 0 Å². The molecule has 0 aliphatic heterocycles. The smallest absolute Gasteiger partial charge is 0.331 e. The van der Waals surface area contributed by atoms with Crippen LogP contribution in [-0.2, 0) is 16.1 Å². The highest BCUT2D eigenvalue weighted by Crippen LogP contribution is 2.31. The first-order chi connectivity index (χ1) is 15.4. The van der Waals surface area contributed by atoms with Gasteiger partial charge >= 0.3 is 11.9 Å². The molecular formula is C24H24N4O4. The van der Waals surface area contributed by atoms with Crippen LogP contribution in [0.25, 0.3) is 17.1 Å². The monoisotopic (exact) mass is 432 g/mol. The highest BCUT2D eigenvalue weighted by molar-refractivity contribution is 5.90. The van der Waals surface area contributed by atoms with Crippen LogP contribution < -0.4 is 5.73 Å². The molecule has 1 aliphatic rings. The molecule has 0 bridgehead atoms. The summed E-state index contributed by atoms with van der Waals surface area (Å²) in [6.45, 7) is 1.98. The van der Waals surface area contributed by atoms with Gasteiger partial charge in [-0.25, -0.2) is 14.5 Å². The zero-order chi connectivity index (χ0) is 23.1. The molecule has 1 atom stereocenters. The molecule has 8 heteroatoms. The van der Waals surface area contributed by atoms with E-state index in [-0.39, 0.29) is 12.0 Å². The Bertz CT molecular complexity index is 1170. The number of aliphatic carboxylic acids is 2. The van der Waals surface area contributed by atoms with Crippen LogP contribution in [0.1, 0.15) is 18.9 Å². The van der Waals surface area contributed by atoms with E-state index in [1.54, 1.807) is 6.33 Å². The summed E-state index contributed by atoms with van der Waals surface area (Å²) in [5, 5.41) is 21.8. The van der Waals surface area contributed by atoms with Crippen molar-refractivity contribution in [2.75, 3.05) is 0 Å². The van der Waals surface area contributed by atoms with Crippen molar-refractivity contribution >= 4 is 11.9 Å². The number of allylic oxidation sites excluding steroid dienone is 2. The Kier molecular flexibility index (Phi) is 6.97. The molecule has 0 amide bonds. The van der Waals surface area contributed by atoms with Crippen LogP contribution in [0.5, 0.6) is 0 Å². The molecule has 1 aliphatic carbocycles. The second kappa shape index (κ2) is 9.84. The van der Waals surface area contributed by atoms with Crippen molar-refractivity contribution in [2.24, 2.45) is 11.1 Å². The fraction of sp³-hybridized carbons (Fsp3) is 0.167. The van der Waals surface area contributed by atoms with Gasteiger partial charge in [-0.2, -0.15) is 5.10 Å². The average Bonchev–Trinajstić information content (AvgIpc) is 3.30. The molecule has 8 nitrogen and oxygen atoms in total. The molecule has 2 aromatic carbocycles. The summed E-state index contributed by atoms with van der Waals surface area (Å²) in [6, 6.07) is 18.0. The van der Waals surface area contributed by atoms with Crippen LogP contribution in [-0.4, -0.2) is 36.9 Å². The Morgan fingerprint density at radius 1 is 1.09 bits per heavy atom. The summed E-state index contributed by atoms with van der Waals surface area (Å²) in [5.74, 6) is -1.24. The summed E-state index contributed by atoms with van der Waals surface area (Å²) in [5.41, 5.74) is 7.89. The van der Waals surface area contributed by atoms with Gasteiger partial charge in [0.05, 0.1) is 11.1 Å². The molecule has 164 valence electrons. The summed E-state index contributed by atoms with van der Waals surface area (Å²) in [4.78, 5) is 25.7. The average molecular weight is 432 g/mol. The molecule has 0 radical (unpaired) electrons. The maximum absolute atomic E-state index is 10.8. The maximum Gasteiger partial charge on any atom is 0.331 e. The molecule has 1 unspecified atom stereocenters. The van der Waals surface area contributed by atoms with Gasteiger partial charge in [0.2, 0.25) is 0 Å². The van der Waals surface area contributed by atoms with Crippen LogP contribution in [0.2, 0.25) is 0 Å². The molecule has 3 aromatic rings. The van der Waals surface area contributed by atoms with Gasteiger partial charge in [-0.05, 0) is 25.0 Å². The standard InChI is InChI=1S/C15H14N4.C9H10O4/c16-10-13-8-4-5-9-14(13)19-15(17-11-18-19)12-6-2-1-3-7-12;1-9(8(12)13)4-2-3-6(5-9)7(10)11/h1-9,11H,10,16H2;2-4H,5H2,1H3,(H,10,11)(H,12,13). The number of nitrogens with zero attached hydrogens (tertiary/aromatic N) is 3. The predicted octanol–water partition coefficient (Wildman–Crippen LogP) is 3.44. The second-order valence-electron chi connectivity index (χ2n) is 7.45. The van der Waals surface area contributed by atoms with Crippen molar-refractivity contribution < 1.29 is 19.8 Å². The predicted molar refractivity (Wildman–Crippen MR) is 120 cm³/mol. The Balaban J connectivity index is 0.000000195. The zero-order valence-corrected chi connectivity index (χ0v) is 17.5. The van der Waals surface area contributed by atoms with Gasteiger partial charge in [0.1, 0.15) is 6.33 Å². The van der Waals surface area contributed by atoms with E-state index in [2.05, 4.69) is 10.1 Å². The fourth-order valence-corrected chi connectivity index (χ4v) is 3.28. The third kappa shape index (κ3) is 4.98. The zero-order valence-electron chi connectivity index (χ0n) is 17.5. The molecule has 4 N–H and O–H groups in total. The number of hydrogen-bond acceptors (Lipinski definition) is 5. The third-order valence-electron chi connectivity index (χ3n) is 5.10. The number of nitrogens with two attached hydrogens (primary N) is 1. The summed E-state index contributed by atoms with van der Waals surface area (Å²) < 4.78 is 1.83. The Morgan fingerprint density at radius 2 is 1.78 bits per heavy atom. The first-order valence-electron chi connectivity index (χ1n) is 9.94. The van der Waals surface area contributed by atoms with Crippen molar-refractivity contribution in [3.05, 3.63) is 90.3 Å². The first-order valence-corrected chi connectivity index (χ1v) is 9.94. The van der Waals surface area contributed by atoms with E-state index in [1.165, 1.54) is 25.2 Å². The van der Waals surface area contributed by atoms with Gasteiger partial charge < -0.3 is 15.9 Å². The van der Waals surface area contributed by atoms with Crippen molar-refractivity contribution in [2.45, 2.75) is 19.9 Å². The largest absolute Gasteiger partial charge is 0.481 e. The van der Waals surface area contributed by atoms with Gasteiger partial charge in [-0.3, -0.25) is 4.79 Å². The molecular weight excluding hydrogens is 408 g/mol. The SMILES string of the molecule is CC1(C(=O)O)C=CC=C(C(=O)O)C1.NCc1ccccc1-n1ncnc1-c1ccccc1. The lowest BCUT2D eigenvalue weighted by Crippen LogP contribution is -2.28. The number of carboxylic acids is 2. The topological polar surface area (TPSA) is 131 Å². The molecule has 0 saturated carbocycles. The van der Waals surface area contributed by atoms with Crippen molar-refractivity contribution in [3.63, 3.8) is 0 Å². The summed E-state index contributed by atoms with van der Waals surface area (Å²) in [7, 11) is 0. The van der Waals surface area contributed by atoms with Crippen LogP contribution in [0, 0.1) is 5.41 Å². The first kappa shape index (κ1) is 22.6.